The van der Waals surface area contributed by atoms with E-state index in [2.05, 4.69) is 23.2 Å². The van der Waals surface area contributed by atoms with Gasteiger partial charge in [-0.1, -0.05) is 0 Å². The van der Waals surface area contributed by atoms with E-state index in [-0.39, 0.29) is 11.5 Å². The highest BCUT2D eigenvalue weighted by Gasteiger charge is 2.54. The van der Waals surface area contributed by atoms with Crippen LogP contribution in [0.2, 0.25) is 0 Å². The monoisotopic (exact) mass is 521 g/mol. The largest absolute Gasteiger partial charge is 0.490 e. The Bertz CT molecular complexity index is 1150. The summed E-state index contributed by atoms with van der Waals surface area (Å²) in [5.74, 6) is 0.257. The highest BCUT2D eigenvalue weighted by Crippen LogP contribution is 2.66. The zero-order valence-corrected chi connectivity index (χ0v) is 18.7. The molecule has 0 saturated carbocycles. The van der Waals surface area contributed by atoms with Crippen LogP contribution in [0.5, 0.6) is 0 Å². The van der Waals surface area contributed by atoms with Crippen molar-refractivity contribution in [3.63, 3.8) is 0 Å². The maximum Gasteiger partial charge on any atom is 0.490 e. The maximum absolute atomic E-state index is 11.9. The SMILES string of the molecule is C[C@@]1(c2ccc3c(N)[nH+]cnn23)O[C@H](COP(=O)(O)OP(=O)(O)OP(=O)(O)O)[C@@H](O)[C@H]1O. The Morgan fingerprint density at radius 1 is 1.19 bits per heavy atom. The quantitative estimate of drug-likeness (QED) is 0.193. The molecule has 17 nitrogen and oxygen atoms in total. The maximum atomic E-state index is 11.9. The van der Waals surface area contributed by atoms with E-state index in [0.717, 1.165) is 0 Å². The zero-order valence-electron chi connectivity index (χ0n) is 16.0. The van der Waals surface area contributed by atoms with E-state index in [1.807, 2.05) is 0 Å². The molecule has 1 aliphatic rings. The molecule has 1 aliphatic heterocycles. The highest BCUT2D eigenvalue weighted by molar-refractivity contribution is 7.66. The van der Waals surface area contributed by atoms with E-state index in [4.69, 9.17) is 25.2 Å². The molecule has 3 heterocycles. The highest BCUT2D eigenvalue weighted by atomic mass is 31.3. The number of hydrogen-bond donors (Lipinski definition) is 7. The summed E-state index contributed by atoms with van der Waals surface area (Å²) in [6, 6.07) is 3.09. The molecule has 6 atom stereocenters. The Morgan fingerprint density at radius 2 is 1.84 bits per heavy atom. The number of phosphoric acid groups is 3. The summed E-state index contributed by atoms with van der Waals surface area (Å²) in [5, 5.41) is 25.0. The summed E-state index contributed by atoms with van der Waals surface area (Å²) >= 11 is 0. The molecule has 9 N–H and O–H groups in total. The lowest BCUT2D eigenvalue weighted by Gasteiger charge is -2.26. The van der Waals surface area contributed by atoms with Crippen molar-refractivity contribution in [2.24, 2.45) is 0 Å². The van der Waals surface area contributed by atoms with Crippen LogP contribution in [0.1, 0.15) is 12.6 Å². The number of aromatic amines is 1. The molecule has 0 bridgehead atoms. The number of nitrogens with one attached hydrogen (secondary N) is 1. The number of nitrogen functional groups attached to an aromatic ring is 1. The van der Waals surface area contributed by atoms with Gasteiger partial charge in [-0.15, -0.1) is 0 Å². The van der Waals surface area contributed by atoms with Gasteiger partial charge in [0.1, 0.15) is 23.9 Å². The van der Waals surface area contributed by atoms with Gasteiger partial charge in [-0.3, -0.25) is 4.52 Å². The fourth-order valence-electron chi connectivity index (χ4n) is 3.16. The minimum Gasteiger partial charge on any atom is -0.387 e. The number of anilines is 1. The van der Waals surface area contributed by atoms with Crippen molar-refractivity contribution >= 4 is 34.8 Å². The Hall–Kier alpha value is -1.29. The first-order chi connectivity index (χ1) is 14.5. The lowest BCUT2D eigenvalue weighted by molar-refractivity contribution is -0.365. The van der Waals surface area contributed by atoms with Crippen LogP contribution in [0.4, 0.5) is 5.82 Å². The number of H-pyrrole nitrogens is 1. The lowest BCUT2D eigenvalue weighted by atomic mass is 9.93. The molecule has 0 spiro atoms. The van der Waals surface area contributed by atoms with Crippen molar-refractivity contribution in [2.45, 2.75) is 30.8 Å². The first-order valence-corrected chi connectivity index (χ1v) is 13.0. The molecule has 2 aromatic heterocycles. The summed E-state index contributed by atoms with van der Waals surface area (Å²) in [6.45, 7) is 0.465. The molecule has 0 radical (unpaired) electrons. The van der Waals surface area contributed by atoms with Gasteiger partial charge < -0.3 is 40.3 Å². The van der Waals surface area contributed by atoms with Gasteiger partial charge in [0.2, 0.25) is 12.1 Å². The van der Waals surface area contributed by atoms with Crippen molar-refractivity contribution in [3.8, 4) is 0 Å². The number of aliphatic hydroxyl groups is 2. The third kappa shape index (κ3) is 5.26. The van der Waals surface area contributed by atoms with Gasteiger partial charge in [-0.25, -0.2) is 18.7 Å². The number of aliphatic hydroxyl groups excluding tert-OH is 2. The van der Waals surface area contributed by atoms with Crippen LogP contribution in [-0.4, -0.2) is 64.3 Å². The smallest absolute Gasteiger partial charge is 0.387 e. The Labute approximate surface area is 178 Å². The van der Waals surface area contributed by atoms with Gasteiger partial charge in [0.25, 0.3) is 0 Å². The molecule has 0 amide bonds. The molecule has 1 saturated heterocycles. The fraction of sp³-hybridized carbons (Fsp3) is 0.500. The van der Waals surface area contributed by atoms with E-state index in [0.29, 0.717) is 5.52 Å². The first kappa shape index (κ1) is 25.3. The van der Waals surface area contributed by atoms with E-state index < -0.39 is 54.0 Å². The van der Waals surface area contributed by atoms with Crippen molar-refractivity contribution in [3.05, 3.63) is 24.2 Å². The summed E-state index contributed by atoms with van der Waals surface area (Å²) in [6.07, 6.45) is -3.41. The van der Waals surface area contributed by atoms with Crippen LogP contribution < -0.4 is 10.7 Å². The fourth-order valence-corrected chi connectivity index (χ4v) is 6.19. The molecular weight excluding hydrogens is 501 g/mol. The van der Waals surface area contributed by atoms with Crippen LogP contribution in [0.3, 0.4) is 0 Å². The zero-order chi connectivity index (χ0) is 24.1. The Morgan fingerprint density at radius 3 is 2.47 bits per heavy atom. The summed E-state index contributed by atoms with van der Waals surface area (Å²) in [7, 11) is -16.7. The minimum absolute atomic E-state index is 0.257. The molecule has 1 fully saturated rings. The second-order valence-electron chi connectivity index (χ2n) is 6.80. The van der Waals surface area contributed by atoms with Crippen LogP contribution in [-0.2, 0) is 37.2 Å². The van der Waals surface area contributed by atoms with Crippen LogP contribution in [0, 0.1) is 0 Å². The third-order valence-corrected chi connectivity index (χ3v) is 8.32. The van der Waals surface area contributed by atoms with Crippen molar-refractivity contribution in [1.82, 2.24) is 9.61 Å². The number of nitrogens with two attached hydrogens (primary N) is 1. The topological polar surface area (TPSA) is 267 Å². The van der Waals surface area contributed by atoms with Crippen molar-refractivity contribution in [1.29, 1.82) is 0 Å². The average molecular weight is 521 g/mol. The van der Waals surface area contributed by atoms with Crippen LogP contribution in [0.15, 0.2) is 18.5 Å². The molecule has 2 aromatic rings. The molecule has 0 aromatic carbocycles. The normalized spacial score (nSPS) is 30.3. The average Bonchev–Trinajstić information content (AvgIpc) is 3.14. The van der Waals surface area contributed by atoms with Gasteiger partial charge in [-0.05, 0) is 24.2 Å². The number of nitrogens with zero attached hydrogens (tertiary/aromatic N) is 2. The van der Waals surface area contributed by atoms with E-state index >= 15 is 0 Å². The lowest BCUT2D eigenvalue weighted by Crippen LogP contribution is -2.39. The van der Waals surface area contributed by atoms with Gasteiger partial charge in [0.05, 0.1) is 12.3 Å². The van der Waals surface area contributed by atoms with Crippen LogP contribution >= 0.6 is 23.5 Å². The van der Waals surface area contributed by atoms with Crippen molar-refractivity contribution < 1.29 is 66.3 Å². The molecule has 3 rings (SSSR count). The second-order valence-corrected chi connectivity index (χ2v) is 11.2. The Kier molecular flexibility index (Phi) is 6.72. The Balaban J connectivity index is 1.75. The van der Waals surface area contributed by atoms with E-state index in [1.165, 1.54) is 23.8 Å². The predicted molar refractivity (Wildman–Crippen MR) is 100 cm³/mol. The third-order valence-electron chi connectivity index (χ3n) is 4.52. The van der Waals surface area contributed by atoms with Gasteiger partial charge in [0, 0.05) is 0 Å². The second kappa shape index (κ2) is 8.49. The van der Waals surface area contributed by atoms with Gasteiger partial charge in [0.15, 0.2) is 5.52 Å². The number of ether oxygens (including phenoxy) is 1. The van der Waals surface area contributed by atoms with Crippen LogP contribution in [0.25, 0.3) is 5.52 Å². The number of fused-ring (bicyclic) bond motifs is 1. The molecule has 20 heteroatoms. The van der Waals surface area contributed by atoms with Gasteiger partial charge in [-0.2, -0.15) is 13.1 Å². The summed E-state index contributed by atoms with van der Waals surface area (Å²) in [5.41, 5.74) is 4.92. The molecular formula is C12H20N4O13P3+. The van der Waals surface area contributed by atoms with Crippen molar-refractivity contribution in [2.75, 3.05) is 12.3 Å². The number of hydrogen-bond acceptors (Lipinski definition) is 11. The molecule has 2 unspecified atom stereocenters. The molecule has 32 heavy (non-hydrogen) atoms. The molecule has 180 valence electrons. The molecule has 0 aliphatic carbocycles. The standard InChI is InChI=1S/C12H19N4O13P3/c1-12(8-3-2-6-11(13)14-5-15-16(6)8)10(18)9(17)7(27-12)4-26-31(22,23)29-32(24,25)28-30(19,20)21/h2-3,5,7,9-10,17-18H,4H2,1H3,(H,22,23)(H,24,25)(H2,13,14,15)(H2,19,20,21)/p+1/t7-,9-,10-,12+/m1/s1. The summed E-state index contributed by atoms with van der Waals surface area (Å²) in [4.78, 5) is 38.5. The first-order valence-electron chi connectivity index (χ1n) is 8.51. The predicted octanol–water partition coefficient (Wildman–Crippen LogP) is -1.59. The summed E-state index contributed by atoms with van der Waals surface area (Å²) < 4.78 is 52.6. The number of aromatic nitrogens is 3. The van der Waals surface area contributed by atoms with E-state index in [9.17, 15) is 28.8 Å². The number of rotatable bonds is 8. The van der Waals surface area contributed by atoms with Gasteiger partial charge >= 0.3 is 23.5 Å². The van der Waals surface area contributed by atoms with E-state index in [1.54, 1.807) is 6.07 Å². The minimum atomic E-state index is -5.70. The number of phosphoric ester groups is 1.